The van der Waals surface area contributed by atoms with Gasteiger partial charge in [0.05, 0.1) is 0 Å². The molecule has 1 heterocycles. The normalized spacial score (nSPS) is 10.7. The Labute approximate surface area is 122 Å². The van der Waals surface area contributed by atoms with Gasteiger partial charge in [0.1, 0.15) is 5.75 Å². The largest absolute Gasteiger partial charge is 0.508 e. The van der Waals surface area contributed by atoms with Crippen molar-refractivity contribution in [3.63, 3.8) is 0 Å². The van der Waals surface area contributed by atoms with Crippen LogP contribution in [0.3, 0.4) is 0 Å². The van der Waals surface area contributed by atoms with Crippen LogP contribution in [0.15, 0.2) is 54.7 Å². The smallest absolute Gasteiger partial charge is 0.251 e. The van der Waals surface area contributed by atoms with Crippen LogP contribution in [-0.2, 0) is 6.42 Å². The molecule has 2 aromatic carbocycles. The number of benzene rings is 2. The molecule has 3 N–H and O–H groups in total. The number of aromatic hydroxyl groups is 1. The third-order valence-corrected chi connectivity index (χ3v) is 3.49. The molecule has 0 unspecified atom stereocenters. The molecular weight excluding hydrogens is 264 g/mol. The number of rotatable bonds is 4. The van der Waals surface area contributed by atoms with E-state index in [1.54, 1.807) is 12.1 Å². The van der Waals surface area contributed by atoms with Gasteiger partial charge in [0, 0.05) is 23.8 Å². The number of aromatic amines is 1. The Hall–Kier alpha value is -2.75. The minimum atomic E-state index is -0.109. The fraction of sp³-hybridized carbons (Fsp3) is 0.118. The van der Waals surface area contributed by atoms with Crippen molar-refractivity contribution in [2.75, 3.05) is 6.54 Å². The summed E-state index contributed by atoms with van der Waals surface area (Å²) in [4.78, 5) is 15.2. The molecule has 4 heteroatoms. The number of para-hydroxylation sites is 1. The Morgan fingerprint density at radius 2 is 2.00 bits per heavy atom. The maximum atomic E-state index is 12.1. The SMILES string of the molecule is O=C(NCCc1ccccc1O)c1ccc2cc[nH]c2c1. The second kappa shape index (κ2) is 5.71. The number of hydrogen-bond acceptors (Lipinski definition) is 2. The summed E-state index contributed by atoms with van der Waals surface area (Å²) in [7, 11) is 0. The van der Waals surface area contributed by atoms with Gasteiger partial charge in [-0.1, -0.05) is 24.3 Å². The maximum absolute atomic E-state index is 12.1. The molecule has 0 saturated carbocycles. The second-order valence-corrected chi connectivity index (χ2v) is 4.91. The lowest BCUT2D eigenvalue weighted by Gasteiger charge is -2.07. The van der Waals surface area contributed by atoms with E-state index in [9.17, 15) is 9.90 Å². The van der Waals surface area contributed by atoms with E-state index >= 15 is 0 Å². The van der Waals surface area contributed by atoms with Crippen LogP contribution in [0.25, 0.3) is 10.9 Å². The molecule has 0 aliphatic rings. The van der Waals surface area contributed by atoms with Gasteiger partial charge < -0.3 is 15.4 Å². The Kier molecular flexibility index (Phi) is 3.60. The number of phenols is 1. The Bertz CT molecular complexity index is 777. The van der Waals surface area contributed by atoms with Crippen molar-refractivity contribution in [1.29, 1.82) is 0 Å². The monoisotopic (exact) mass is 280 g/mol. The second-order valence-electron chi connectivity index (χ2n) is 4.91. The van der Waals surface area contributed by atoms with E-state index in [0.29, 0.717) is 18.5 Å². The van der Waals surface area contributed by atoms with Crippen molar-refractivity contribution in [2.24, 2.45) is 0 Å². The summed E-state index contributed by atoms with van der Waals surface area (Å²) in [5.41, 5.74) is 2.41. The fourth-order valence-electron chi connectivity index (χ4n) is 2.32. The molecule has 4 nitrogen and oxygen atoms in total. The van der Waals surface area contributed by atoms with E-state index in [1.165, 1.54) is 0 Å². The van der Waals surface area contributed by atoms with Crippen molar-refractivity contribution in [2.45, 2.75) is 6.42 Å². The molecule has 1 aromatic heterocycles. The molecule has 106 valence electrons. The molecule has 0 aliphatic carbocycles. The Balaban J connectivity index is 1.62. The van der Waals surface area contributed by atoms with Crippen LogP contribution >= 0.6 is 0 Å². The van der Waals surface area contributed by atoms with Gasteiger partial charge in [0.15, 0.2) is 0 Å². The zero-order chi connectivity index (χ0) is 14.7. The number of fused-ring (bicyclic) bond motifs is 1. The molecule has 3 rings (SSSR count). The minimum Gasteiger partial charge on any atom is -0.508 e. The zero-order valence-corrected chi connectivity index (χ0v) is 11.5. The number of aromatic nitrogens is 1. The van der Waals surface area contributed by atoms with Crippen LogP contribution in [-0.4, -0.2) is 22.5 Å². The van der Waals surface area contributed by atoms with Crippen LogP contribution in [0.5, 0.6) is 5.75 Å². The van der Waals surface area contributed by atoms with Crippen molar-refractivity contribution in [3.05, 3.63) is 65.9 Å². The maximum Gasteiger partial charge on any atom is 0.251 e. The van der Waals surface area contributed by atoms with Crippen LogP contribution in [0, 0.1) is 0 Å². The van der Waals surface area contributed by atoms with E-state index < -0.39 is 0 Å². The van der Waals surface area contributed by atoms with Gasteiger partial charge >= 0.3 is 0 Å². The average Bonchev–Trinajstić information content (AvgIpc) is 2.96. The highest BCUT2D eigenvalue weighted by molar-refractivity contribution is 5.97. The molecular formula is C17H16N2O2. The predicted molar refractivity (Wildman–Crippen MR) is 82.4 cm³/mol. The number of hydrogen-bond donors (Lipinski definition) is 3. The van der Waals surface area contributed by atoms with Gasteiger partial charge in [0.2, 0.25) is 0 Å². The molecule has 0 bridgehead atoms. The lowest BCUT2D eigenvalue weighted by atomic mass is 10.1. The van der Waals surface area contributed by atoms with Crippen molar-refractivity contribution >= 4 is 16.8 Å². The summed E-state index contributed by atoms with van der Waals surface area (Å²) in [6.45, 7) is 0.485. The number of phenolic OH excluding ortho intramolecular Hbond substituents is 1. The first-order chi connectivity index (χ1) is 10.2. The summed E-state index contributed by atoms with van der Waals surface area (Å²) >= 11 is 0. The van der Waals surface area contributed by atoms with Crippen LogP contribution in [0.1, 0.15) is 15.9 Å². The zero-order valence-electron chi connectivity index (χ0n) is 11.5. The van der Waals surface area contributed by atoms with Crippen LogP contribution in [0.4, 0.5) is 0 Å². The fourth-order valence-corrected chi connectivity index (χ4v) is 2.32. The molecule has 21 heavy (non-hydrogen) atoms. The van der Waals surface area contributed by atoms with Gasteiger partial charge in [-0.25, -0.2) is 0 Å². The van der Waals surface area contributed by atoms with Crippen LogP contribution in [0.2, 0.25) is 0 Å². The molecule has 3 aromatic rings. The van der Waals surface area contributed by atoms with E-state index in [4.69, 9.17) is 0 Å². The summed E-state index contributed by atoms with van der Waals surface area (Å²) in [6.07, 6.45) is 2.45. The lowest BCUT2D eigenvalue weighted by molar-refractivity contribution is 0.0954. The number of amides is 1. The van der Waals surface area contributed by atoms with Crippen molar-refractivity contribution in [1.82, 2.24) is 10.3 Å². The molecule has 0 atom stereocenters. The summed E-state index contributed by atoms with van der Waals surface area (Å²) in [5, 5.41) is 13.6. The summed E-state index contributed by atoms with van der Waals surface area (Å²) in [6, 6.07) is 14.7. The van der Waals surface area contributed by atoms with Crippen molar-refractivity contribution in [3.8, 4) is 5.75 Å². The number of H-pyrrole nitrogens is 1. The van der Waals surface area contributed by atoms with Gasteiger partial charge in [-0.3, -0.25) is 4.79 Å². The van der Waals surface area contributed by atoms with E-state index in [1.807, 2.05) is 42.6 Å². The molecule has 0 fully saturated rings. The summed E-state index contributed by atoms with van der Waals surface area (Å²) in [5.74, 6) is 0.154. The molecule has 0 aliphatic heterocycles. The molecule has 0 radical (unpaired) electrons. The van der Waals surface area contributed by atoms with E-state index in [-0.39, 0.29) is 11.7 Å². The summed E-state index contributed by atoms with van der Waals surface area (Å²) < 4.78 is 0. The van der Waals surface area contributed by atoms with Gasteiger partial charge in [0.25, 0.3) is 5.91 Å². The Morgan fingerprint density at radius 1 is 1.14 bits per heavy atom. The highest BCUT2D eigenvalue weighted by Crippen LogP contribution is 2.16. The van der Waals surface area contributed by atoms with Gasteiger partial charge in [-0.15, -0.1) is 0 Å². The average molecular weight is 280 g/mol. The standard InChI is InChI=1S/C17H16N2O2/c20-16-4-2-1-3-13(16)8-10-19-17(21)14-6-5-12-7-9-18-15(12)11-14/h1-7,9,11,18,20H,8,10H2,(H,19,21). The highest BCUT2D eigenvalue weighted by Gasteiger charge is 2.07. The molecule has 0 saturated heterocycles. The van der Waals surface area contributed by atoms with E-state index in [0.717, 1.165) is 16.5 Å². The van der Waals surface area contributed by atoms with Gasteiger partial charge in [-0.2, -0.15) is 0 Å². The van der Waals surface area contributed by atoms with Crippen molar-refractivity contribution < 1.29 is 9.90 Å². The van der Waals surface area contributed by atoms with Gasteiger partial charge in [-0.05, 0) is 41.6 Å². The third-order valence-electron chi connectivity index (χ3n) is 3.49. The first-order valence-corrected chi connectivity index (χ1v) is 6.86. The predicted octanol–water partition coefficient (Wildman–Crippen LogP) is 2.85. The topological polar surface area (TPSA) is 65.1 Å². The first kappa shape index (κ1) is 13.2. The number of nitrogens with one attached hydrogen (secondary N) is 2. The first-order valence-electron chi connectivity index (χ1n) is 6.86. The molecule has 0 spiro atoms. The highest BCUT2D eigenvalue weighted by atomic mass is 16.3. The lowest BCUT2D eigenvalue weighted by Crippen LogP contribution is -2.25. The quantitative estimate of drug-likeness (QED) is 0.688. The van der Waals surface area contributed by atoms with Crippen LogP contribution < -0.4 is 5.32 Å². The minimum absolute atomic E-state index is 0.109. The number of carbonyl (C=O) groups excluding carboxylic acids is 1. The third kappa shape index (κ3) is 2.89. The molecule has 1 amide bonds. The Morgan fingerprint density at radius 3 is 2.86 bits per heavy atom. The van der Waals surface area contributed by atoms with E-state index in [2.05, 4.69) is 10.3 Å². The number of carbonyl (C=O) groups is 1.